The number of nitrogens with zero attached hydrogens (tertiary/aromatic N) is 1. The van der Waals surface area contributed by atoms with Gasteiger partial charge in [0.05, 0.1) is 11.4 Å². The summed E-state index contributed by atoms with van der Waals surface area (Å²) in [6.07, 6.45) is 1.87. The van der Waals surface area contributed by atoms with E-state index in [9.17, 15) is 8.42 Å². The zero-order chi connectivity index (χ0) is 16.9. The molecule has 136 valence electrons. The average molecular weight is 466 g/mol. The Labute approximate surface area is 162 Å². The van der Waals surface area contributed by atoms with Crippen LogP contribution in [0.4, 0.5) is 0 Å². The minimum Gasteiger partial charge on any atom is -0.357 e. The first-order valence-corrected chi connectivity index (χ1v) is 9.55. The number of rotatable bonds is 7. The van der Waals surface area contributed by atoms with E-state index in [1.807, 2.05) is 19.1 Å². The fourth-order valence-electron chi connectivity index (χ4n) is 2.03. The molecule has 0 aromatic heterocycles. The lowest BCUT2D eigenvalue weighted by atomic mass is 10.2. The third-order valence-corrected chi connectivity index (χ3v) is 4.86. The fourth-order valence-corrected chi connectivity index (χ4v) is 3.33. The van der Waals surface area contributed by atoms with Gasteiger partial charge in [-0.1, -0.05) is 12.1 Å². The third kappa shape index (κ3) is 6.94. The molecule has 0 bridgehead atoms. The van der Waals surface area contributed by atoms with Crippen LogP contribution < -0.4 is 15.4 Å². The van der Waals surface area contributed by atoms with Gasteiger partial charge >= 0.3 is 0 Å². The minimum atomic E-state index is -3.38. The first kappa shape index (κ1) is 21.2. The van der Waals surface area contributed by atoms with Crippen molar-refractivity contribution in [2.45, 2.75) is 57.1 Å². The Bertz CT molecular complexity index is 641. The maximum Gasteiger partial charge on any atom is 0.240 e. The van der Waals surface area contributed by atoms with Crippen molar-refractivity contribution in [2.75, 3.05) is 6.54 Å². The van der Waals surface area contributed by atoms with Gasteiger partial charge in [0.1, 0.15) is 0 Å². The van der Waals surface area contributed by atoms with E-state index in [0.717, 1.165) is 30.9 Å². The predicted octanol–water partition coefficient (Wildman–Crippen LogP) is 2.21. The topological polar surface area (TPSA) is 82.6 Å². The highest BCUT2D eigenvalue weighted by Crippen LogP contribution is 2.22. The van der Waals surface area contributed by atoms with Crippen molar-refractivity contribution < 1.29 is 8.42 Å². The molecule has 24 heavy (non-hydrogen) atoms. The zero-order valence-electron chi connectivity index (χ0n) is 14.4. The van der Waals surface area contributed by atoms with Crippen LogP contribution in [0.2, 0.25) is 0 Å². The molecule has 1 aromatic carbocycles. The Morgan fingerprint density at radius 2 is 1.88 bits per heavy atom. The lowest BCUT2D eigenvalue weighted by molar-refractivity contribution is 0.581. The van der Waals surface area contributed by atoms with Crippen molar-refractivity contribution in [1.29, 1.82) is 0 Å². The number of nitrogens with one attached hydrogen (secondary N) is 3. The van der Waals surface area contributed by atoms with Gasteiger partial charge in [-0.2, -0.15) is 0 Å². The molecule has 1 saturated carbocycles. The second-order valence-corrected chi connectivity index (χ2v) is 7.75. The van der Waals surface area contributed by atoms with Gasteiger partial charge in [0, 0.05) is 18.6 Å². The quantitative estimate of drug-likeness (QED) is 0.327. The van der Waals surface area contributed by atoms with E-state index in [1.165, 1.54) is 0 Å². The molecule has 1 aliphatic carbocycles. The molecule has 1 fully saturated rings. The number of guanidine groups is 1. The van der Waals surface area contributed by atoms with E-state index in [4.69, 9.17) is 0 Å². The van der Waals surface area contributed by atoms with Gasteiger partial charge in [0.25, 0.3) is 0 Å². The summed E-state index contributed by atoms with van der Waals surface area (Å²) < 4.78 is 26.9. The van der Waals surface area contributed by atoms with Crippen molar-refractivity contribution in [3.05, 3.63) is 29.8 Å². The highest BCUT2D eigenvalue weighted by Gasteiger charge is 2.27. The van der Waals surface area contributed by atoms with Crippen molar-refractivity contribution >= 4 is 40.0 Å². The first-order valence-electron chi connectivity index (χ1n) is 8.07. The summed E-state index contributed by atoms with van der Waals surface area (Å²) in [7, 11) is -3.38. The average Bonchev–Trinajstić information content (AvgIpc) is 3.28. The number of aliphatic imine (C=N–C) groups is 1. The normalized spacial score (nSPS) is 15.1. The van der Waals surface area contributed by atoms with Gasteiger partial charge in [-0.15, -0.1) is 24.0 Å². The molecule has 8 heteroatoms. The molecule has 0 heterocycles. The van der Waals surface area contributed by atoms with Gasteiger partial charge in [0.15, 0.2) is 5.96 Å². The monoisotopic (exact) mass is 466 g/mol. The molecule has 2 rings (SSSR count). The van der Waals surface area contributed by atoms with E-state index in [-0.39, 0.29) is 30.0 Å². The van der Waals surface area contributed by atoms with Crippen LogP contribution in [0.1, 0.15) is 39.2 Å². The second kappa shape index (κ2) is 9.57. The Morgan fingerprint density at radius 3 is 2.38 bits per heavy atom. The summed E-state index contributed by atoms with van der Waals surface area (Å²) in [5, 5.41) is 6.43. The Morgan fingerprint density at radius 1 is 1.25 bits per heavy atom. The molecule has 6 nitrogen and oxygen atoms in total. The van der Waals surface area contributed by atoms with Crippen LogP contribution in [-0.2, 0) is 16.6 Å². The van der Waals surface area contributed by atoms with Crippen LogP contribution >= 0.6 is 24.0 Å². The molecule has 0 amide bonds. The molecule has 1 aliphatic rings. The van der Waals surface area contributed by atoms with Gasteiger partial charge in [-0.05, 0) is 51.3 Å². The van der Waals surface area contributed by atoms with Gasteiger partial charge in [-0.3, -0.25) is 0 Å². The van der Waals surface area contributed by atoms with Crippen molar-refractivity contribution in [3.63, 3.8) is 0 Å². The number of hydrogen-bond acceptors (Lipinski definition) is 3. The summed E-state index contributed by atoms with van der Waals surface area (Å²) in [5.74, 6) is 0.759. The van der Waals surface area contributed by atoms with Gasteiger partial charge in [0.2, 0.25) is 10.0 Å². The van der Waals surface area contributed by atoms with Crippen LogP contribution in [-0.4, -0.2) is 33.0 Å². The summed E-state index contributed by atoms with van der Waals surface area (Å²) in [5.41, 5.74) is 0.969. The molecular formula is C16H27IN4O2S. The van der Waals surface area contributed by atoms with Crippen LogP contribution in [0.25, 0.3) is 0 Å². The smallest absolute Gasteiger partial charge is 0.240 e. The van der Waals surface area contributed by atoms with E-state index < -0.39 is 10.0 Å². The SMILES string of the molecule is CCNC(=NCc1ccc(S(=O)(=O)NC2CC2)cc1)NC(C)C.I. The number of halogens is 1. The third-order valence-electron chi connectivity index (χ3n) is 3.32. The Kier molecular flexibility index (Phi) is 8.44. The highest BCUT2D eigenvalue weighted by molar-refractivity contribution is 14.0. The largest absolute Gasteiger partial charge is 0.357 e. The highest BCUT2D eigenvalue weighted by atomic mass is 127. The molecule has 0 spiro atoms. The Hall–Kier alpha value is -0.870. The van der Waals surface area contributed by atoms with Crippen LogP contribution in [0.15, 0.2) is 34.2 Å². The summed E-state index contributed by atoms with van der Waals surface area (Å²) in [6, 6.07) is 7.31. The van der Waals surface area contributed by atoms with E-state index in [1.54, 1.807) is 12.1 Å². The van der Waals surface area contributed by atoms with Gasteiger partial charge in [-0.25, -0.2) is 18.1 Å². The van der Waals surface area contributed by atoms with Crippen molar-refractivity contribution in [3.8, 4) is 0 Å². The molecule has 0 atom stereocenters. The predicted molar refractivity (Wildman–Crippen MR) is 108 cm³/mol. The summed E-state index contributed by atoms with van der Waals surface area (Å²) in [4.78, 5) is 4.81. The standard InChI is InChI=1S/C16H26N4O2S.HI/c1-4-17-16(19-12(2)3)18-11-13-5-9-15(10-6-13)23(21,22)20-14-7-8-14;/h5-6,9-10,12,14,20H,4,7-8,11H2,1-3H3,(H2,17,18,19);1H. The first-order chi connectivity index (χ1) is 10.9. The molecule has 1 aromatic rings. The summed E-state index contributed by atoms with van der Waals surface area (Å²) >= 11 is 0. The summed E-state index contributed by atoms with van der Waals surface area (Å²) in [6.45, 7) is 7.42. The number of benzene rings is 1. The van der Waals surface area contributed by atoms with Crippen LogP contribution in [0.5, 0.6) is 0 Å². The maximum absolute atomic E-state index is 12.1. The lowest BCUT2D eigenvalue weighted by Gasteiger charge is -2.14. The van der Waals surface area contributed by atoms with E-state index in [0.29, 0.717) is 17.5 Å². The van der Waals surface area contributed by atoms with Crippen LogP contribution in [0.3, 0.4) is 0 Å². The molecule has 3 N–H and O–H groups in total. The molecule has 0 unspecified atom stereocenters. The molecule has 0 saturated heterocycles. The number of hydrogen-bond donors (Lipinski definition) is 3. The second-order valence-electron chi connectivity index (χ2n) is 6.03. The van der Waals surface area contributed by atoms with Crippen molar-refractivity contribution in [2.24, 2.45) is 4.99 Å². The lowest BCUT2D eigenvalue weighted by Crippen LogP contribution is -2.40. The molecule has 0 aliphatic heterocycles. The maximum atomic E-state index is 12.1. The fraction of sp³-hybridized carbons (Fsp3) is 0.562. The van der Waals surface area contributed by atoms with Crippen molar-refractivity contribution in [1.82, 2.24) is 15.4 Å². The van der Waals surface area contributed by atoms with Crippen LogP contribution in [0, 0.1) is 0 Å². The zero-order valence-corrected chi connectivity index (χ0v) is 17.5. The Balaban J connectivity index is 0.00000288. The molecule has 0 radical (unpaired) electrons. The van der Waals surface area contributed by atoms with E-state index in [2.05, 4.69) is 34.2 Å². The number of sulfonamides is 1. The molecular weight excluding hydrogens is 439 g/mol. The van der Waals surface area contributed by atoms with Gasteiger partial charge < -0.3 is 10.6 Å². The minimum absolute atomic E-state index is 0. The van der Waals surface area contributed by atoms with E-state index >= 15 is 0 Å².